The first kappa shape index (κ1) is 15.1. The molecule has 5 nitrogen and oxygen atoms in total. The van der Waals surface area contributed by atoms with Crippen LogP contribution >= 0.6 is 0 Å². The Morgan fingerprint density at radius 3 is 2.67 bits per heavy atom. The molecule has 2 atom stereocenters. The van der Waals surface area contributed by atoms with E-state index in [0.717, 1.165) is 0 Å². The molecule has 1 aliphatic heterocycles. The highest BCUT2D eigenvalue weighted by Crippen LogP contribution is 2.11. The highest BCUT2D eigenvalue weighted by Gasteiger charge is 2.29. The van der Waals surface area contributed by atoms with Gasteiger partial charge in [0.15, 0.2) is 0 Å². The van der Waals surface area contributed by atoms with Crippen LogP contribution in [0.1, 0.15) is 26.7 Å². The molecule has 0 radical (unpaired) electrons. The molecule has 18 heavy (non-hydrogen) atoms. The third-order valence-corrected chi connectivity index (χ3v) is 3.67. The molecule has 0 saturated carbocycles. The molecular formula is C12H22N2O3S. The fourth-order valence-corrected chi connectivity index (χ4v) is 2.46. The van der Waals surface area contributed by atoms with Crippen LogP contribution in [0.5, 0.6) is 0 Å². The summed E-state index contributed by atoms with van der Waals surface area (Å²) in [5, 5.41) is 2.77. The Morgan fingerprint density at radius 2 is 2.11 bits per heavy atom. The van der Waals surface area contributed by atoms with Crippen LogP contribution in [-0.4, -0.2) is 52.1 Å². The van der Waals surface area contributed by atoms with Crippen molar-refractivity contribution in [3.05, 3.63) is 0 Å². The van der Waals surface area contributed by atoms with Gasteiger partial charge in [-0.15, -0.1) is 0 Å². The second kappa shape index (κ2) is 6.87. The van der Waals surface area contributed by atoms with Crippen LogP contribution in [0.3, 0.4) is 0 Å². The van der Waals surface area contributed by atoms with E-state index in [1.54, 1.807) is 11.2 Å². The van der Waals surface area contributed by atoms with Crippen molar-refractivity contribution in [3.8, 4) is 0 Å². The van der Waals surface area contributed by atoms with Gasteiger partial charge in [0, 0.05) is 42.3 Å². The third kappa shape index (κ3) is 4.76. The number of nitrogens with zero attached hydrogens (tertiary/aromatic N) is 1. The average molecular weight is 274 g/mol. The van der Waals surface area contributed by atoms with Crippen LogP contribution in [0.2, 0.25) is 0 Å². The number of rotatable bonds is 5. The summed E-state index contributed by atoms with van der Waals surface area (Å²) in [4.78, 5) is 25.5. The maximum Gasteiger partial charge on any atom is 0.245 e. The molecule has 0 spiro atoms. The lowest BCUT2D eigenvalue weighted by atomic mass is 10.0. The monoisotopic (exact) mass is 274 g/mol. The van der Waals surface area contributed by atoms with Crippen molar-refractivity contribution in [3.63, 3.8) is 0 Å². The summed E-state index contributed by atoms with van der Waals surface area (Å²) < 4.78 is 11.1. The van der Waals surface area contributed by atoms with Gasteiger partial charge < -0.3 is 10.2 Å². The predicted octanol–water partition coefficient (Wildman–Crippen LogP) is 0.128. The third-order valence-electron chi connectivity index (χ3n) is 2.91. The summed E-state index contributed by atoms with van der Waals surface area (Å²) in [5.74, 6) is 0.697. The number of carbonyl (C=O) groups excluding carboxylic acids is 2. The van der Waals surface area contributed by atoms with Crippen molar-refractivity contribution >= 4 is 22.6 Å². The average Bonchev–Trinajstić information content (AvgIpc) is 2.37. The van der Waals surface area contributed by atoms with Crippen LogP contribution in [0.15, 0.2) is 0 Å². The van der Waals surface area contributed by atoms with Gasteiger partial charge in [0.1, 0.15) is 6.04 Å². The first-order chi connectivity index (χ1) is 8.40. The quantitative estimate of drug-likeness (QED) is 0.775. The van der Waals surface area contributed by atoms with Gasteiger partial charge in [-0.3, -0.25) is 13.8 Å². The minimum Gasteiger partial charge on any atom is -0.344 e. The fraction of sp³-hybridized carbons (Fsp3) is 0.833. The molecular weight excluding hydrogens is 252 g/mol. The molecule has 104 valence electrons. The number of nitrogens with one attached hydrogen (secondary N) is 1. The second-order valence-corrected chi connectivity index (χ2v) is 6.66. The Labute approximate surface area is 111 Å². The lowest BCUT2D eigenvalue weighted by Gasteiger charge is -2.24. The zero-order valence-electron chi connectivity index (χ0n) is 11.3. The van der Waals surface area contributed by atoms with E-state index in [1.165, 1.54) is 0 Å². The number of carbonyl (C=O) groups is 2. The first-order valence-electron chi connectivity index (χ1n) is 6.28. The lowest BCUT2D eigenvalue weighted by Crippen LogP contribution is -2.46. The molecule has 2 amide bonds. The molecule has 1 fully saturated rings. The van der Waals surface area contributed by atoms with Gasteiger partial charge in [0.05, 0.1) is 0 Å². The maximum atomic E-state index is 12.3. The molecule has 0 aromatic carbocycles. The second-order valence-electron chi connectivity index (χ2n) is 5.10. The molecule has 0 bridgehead atoms. The maximum absolute atomic E-state index is 12.3. The van der Waals surface area contributed by atoms with E-state index in [1.807, 2.05) is 13.8 Å². The van der Waals surface area contributed by atoms with Crippen molar-refractivity contribution in [2.45, 2.75) is 32.7 Å². The van der Waals surface area contributed by atoms with E-state index in [4.69, 9.17) is 0 Å². The summed E-state index contributed by atoms with van der Waals surface area (Å²) in [6, 6.07) is -0.426. The highest BCUT2D eigenvalue weighted by atomic mass is 32.2. The van der Waals surface area contributed by atoms with Crippen molar-refractivity contribution in [2.75, 3.05) is 25.1 Å². The SMILES string of the molecule is CC(C)CC1NC(=O)CCN(CCS(C)=O)C1=O. The Bertz CT molecular complexity index is 344. The predicted molar refractivity (Wildman–Crippen MR) is 71.5 cm³/mol. The van der Waals surface area contributed by atoms with Crippen LogP contribution in [0.4, 0.5) is 0 Å². The number of hydrogen-bond donors (Lipinski definition) is 1. The summed E-state index contributed by atoms with van der Waals surface area (Å²) in [7, 11) is -0.918. The van der Waals surface area contributed by atoms with Crippen LogP contribution in [-0.2, 0) is 20.4 Å². The van der Waals surface area contributed by atoms with Crippen LogP contribution in [0, 0.1) is 5.92 Å². The van der Waals surface area contributed by atoms with E-state index in [-0.39, 0.29) is 11.8 Å². The standard InChI is InChI=1S/C12H22N2O3S/c1-9(2)8-10-12(16)14(6-7-18(3)17)5-4-11(15)13-10/h9-10H,4-8H2,1-3H3,(H,13,15). The Morgan fingerprint density at radius 1 is 1.44 bits per heavy atom. The van der Waals surface area contributed by atoms with Gasteiger partial charge in [-0.25, -0.2) is 0 Å². The molecule has 6 heteroatoms. The topological polar surface area (TPSA) is 66.5 Å². The molecule has 1 heterocycles. The molecule has 1 N–H and O–H groups in total. The van der Waals surface area contributed by atoms with Crippen molar-refractivity contribution < 1.29 is 13.8 Å². The largest absolute Gasteiger partial charge is 0.344 e. The van der Waals surface area contributed by atoms with Gasteiger partial charge in [0.2, 0.25) is 11.8 Å². The molecule has 2 unspecified atom stereocenters. The van der Waals surface area contributed by atoms with Gasteiger partial charge >= 0.3 is 0 Å². The zero-order valence-corrected chi connectivity index (χ0v) is 12.1. The van der Waals surface area contributed by atoms with E-state index >= 15 is 0 Å². The van der Waals surface area contributed by atoms with E-state index in [9.17, 15) is 13.8 Å². The Balaban J connectivity index is 2.69. The molecule has 1 aliphatic rings. The molecule has 0 aliphatic carbocycles. The minimum atomic E-state index is -0.918. The van der Waals surface area contributed by atoms with Gasteiger partial charge in [0.25, 0.3) is 0 Å². The molecule has 0 aromatic rings. The summed E-state index contributed by atoms with van der Waals surface area (Å²) in [6.07, 6.45) is 2.60. The van der Waals surface area contributed by atoms with Crippen molar-refractivity contribution in [1.29, 1.82) is 0 Å². The molecule has 1 rings (SSSR count). The zero-order chi connectivity index (χ0) is 13.7. The van der Waals surface area contributed by atoms with Gasteiger partial charge in [-0.2, -0.15) is 0 Å². The highest BCUT2D eigenvalue weighted by molar-refractivity contribution is 7.84. The molecule has 1 saturated heterocycles. The summed E-state index contributed by atoms with van der Waals surface area (Å²) in [5.41, 5.74) is 0. The number of hydrogen-bond acceptors (Lipinski definition) is 3. The van der Waals surface area contributed by atoms with E-state index in [0.29, 0.717) is 37.6 Å². The fourth-order valence-electron chi connectivity index (χ4n) is 1.99. The van der Waals surface area contributed by atoms with Crippen LogP contribution < -0.4 is 5.32 Å². The van der Waals surface area contributed by atoms with E-state index < -0.39 is 16.8 Å². The van der Waals surface area contributed by atoms with Crippen LogP contribution in [0.25, 0.3) is 0 Å². The first-order valence-corrected chi connectivity index (χ1v) is 8.01. The van der Waals surface area contributed by atoms with E-state index in [2.05, 4.69) is 5.32 Å². The smallest absolute Gasteiger partial charge is 0.245 e. The lowest BCUT2D eigenvalue weighted by molar-refractivity contribution is -0.133. The summed E-state index contributed by atoms with van der Waals surface area (Å²) in [6.45, 7) is 4.94. The normalized spacial score (nSPS) is 22.9. The Hall–Kier alpha value is -0.910. The van der Waals surface area contributed by atoms with Gasteiger partial charge in [-0.1, -0.05) is 13.8 Å². The molecule has 0 aromatic heterocycles. The summed E-state index contributed by atoms with van der Waals surface area (Å²) >= 11 is 0. The van der Waals surface area contributed by atoms with Crippen molar-refractivity contribution in [1.82, 2.24) is 10.2 Å². The van der Waals surface area contributed by atoms with Crippen molar-refractivity contribution in [2.24, 2.45) is 5.92 Å². The number of amides is 2. The minimum absolute atomic E-state index is 0.0417. The Kier molecular flexibility index (Phi) is 5.78. The van der Waals surface area contributed by atoms with Gasteiger partial charge in [-0.05, 0) is 12.3 Å².